The Morgan fingerprint density at radius 3 is 2.03 bits per heavy atom. The van der Waals surface area contributed by atoms with Gasteiger partial charge in [-0.25, -0.2) is 0 Å². The topological polar surface area (TPSA) is 26.7 Å². The van der Waals surface area contributed by atoms with Gasteiger partial charge in [-0.2, -0.15) is 0 Å². The van der Waals surface area contributed by atoms with Gasteiger partial charge in [-0.05, 0) is 78.8 Å². The van der Waals surface area contributed by atoms with E-state index < -0.39 is 0 Å². The lowest BCUT2D eigenvalue weighted by molar-refractivity contribution is 0.209. The maximum absolute atomic E-state index is 9.62. The molecule has 4 rings (SSSR count). The average molecular weight is 592 g/mol. The first-order chi connectivity index (χ1) is 16.6. The zero-order chi connectivity index (χ0) is 23.9. The molecule has 0 bridgehead atoms. The number of rotatable bonds is 8. The second-order valence-corrected chi connectivity index (χ2v) is 10.1. The number of halogens is 3. The van der Waals surface area contributed by atoms with E-state index in [0.717, 1.165) is 43.5 Å². The molecule has 0 amide bonds. The Kier molecular flexibility index (Phi) is 12.5. The highest BCUT2D eigenvalue weighted by Gasteiger charge is 2.20. The van der Waals surface area contributed by atoms with Crippen LogP contribution in [0.25, 0.3) is 11.1 Å². The molecule has 1 heterocycles. The van der Waals surface area contributed by atoms with Gasteiger partial charge in [-0.15, -0.1) is 24.8 Å². The Labute approximate surface area is 237 Å². The third-order valence-electron chi connectivity index (χ3n) is 6.69. The van der Waals surface area contributed by atoms with Crippen LogP contribution in [0.1, 0.15) is 43.4 Å². The molecule has 0 spiro atoms. The predicted molar refractivity (Wildman–Crippen MR) is 163 cm³/mol. The number of hydrogen-bond acceptors (Lipinski definition) is 3. The van der Waals surface area contributed by atoms with Crippen molar-refractivity contribution in [3.8, 4) is 0 Å². The Balaban J connectivity index is 0.00000228. The van der Waals surface area contributed by atoms with Crippen LogP contribution in [0.4, 0.5) is 5.69 Å². The van der Waals surface area contributed by atoms with Crippen molar-refractivity contribution < 1.29 is 5.11 Å². The summed E-state index contributed by atoms with van der Waals surface area (Å²) in [6.07, 6.45) is 1.56. The van der Waals surface area contributed by atoms with E-state index in [1.165, 1.54) is 33.5 Å². The summed E-state index contributed by atoms with van der Waals surface area (Å²) >= 11 is 3.67. The zero-order valence-corrected chi connectivity index (χ0v) is 24.3. The molecule has 194 valence electrons. The molecule has 6 heteroatoms. The Morgan fingerprint density at radius 2 is 1.44 bits per heavy atom. The van der Waals surface area contributed by atoms with Crippen LogP contribution < -0.4 is 4.90 Å². The van der Waals surface area contributed by atoms with Crippen molar-refractivity contribution in [3.05, 3.63) is 100 Å². The minimum atomic E-state index is 0. The summed E-state index contributed by atoms with van der Waals surface area (Å²) in [7, 11) is 0. The summed E-state index contributed by atoms with van der Waals surface area (Å²) in [5.74, 6) is 0. The molecule has 0 aromatic heterocycles. The van der Waals surface area contributed by atoms with Gasteiger partial charge in [0.05, 0.1) is 0 Å². The van der Waals surface area contributed by atoms with Crippen LogP contribution in [-0.4, -0.2) is 48.8 Å². The van der Waals surface area contributed by atoms with Crippen molar-refractivity contribution in [1.82, 2.24) is 4.90 Å². The minimum Gasteiger partial charge on any atom is -0.396 e. The summed E-state index contributed by atoms with van der Waals surface area (Å²) in [4.78, 5) is 5.04. The van der Waals surface area contributed by atoms with Crippen molar-refractivity contribution in [1.29, 1.82) is 0 Å². The molecule has 0 saturated carbocycles. The number of hydrogen-bond donors (Lipinski definition) is 1. The predicted octanol–water partition coefficient (Wildman–Crippen LogP) is 7.55. The highest BCUT2D eigenvalue weighted by molar-refractivity contribution is 9.10. The van der Waals surface area contributed by atoms with Crippen LogP contribution in [0, 0.1) is 0 Å². The van der Waals surface area contributed by atoms with Crippen LogP contribution >= 0.6 is 40.7 Å². The van der Waals surface area contributed by atoms with E-state index in [-0.39, 0.29) is 31.4 Å². The van der Waals surface area contributed by atoms with Crippen LogP contribution in [-0.2, 0) is 0 Å². The van der Waals surface area contributed by atoms with Gasteiger partial charge in [-0.3, -0.25) is 4.90 Å². The normalized spacial score (nSPS) is 14.6. The number of piperazine rings is 1. The molecule has 0 atom stereocenters. The number of allylic oxidation sites excluding steroid dienone is 1. The van der Waals surface area contributed by atoms with E-state index >= 15 is 0 Å². The molecule has 1 N–H and O–H groups in total. The third-order valence-corrected chi connectivity index (χ3v) is 7.18. The summed E-state index contributed by atoms with van der Waals surface area (Å²) in [5.41, 5.74) is 7.39. The van der Waals surface area contributed by atoms with Gasteiger partial charge in [0.1, 0.15) is 0 Å². The van der Waals surface area contributed by atoms with Crippen LogP contribution in [0.5, 0.6) is 0 Å². The second-order valence-electron chi connectivity index (χ2n) is 9.22. The molecule has 3 nitrogen and oxygen atoms in total. The van der Waals surface area contributed by atoms with E-state index in [1.54, 1.807) is 0 Å². The van der Waals surface area contributed by atoms with E-state index in [2.05, 4.69) is 118 Å². The number of aliphatic hydroxyl groups excluding tert-OH is 1. The molecule has 1 saturated heterocycles. The van der Waals surface area contributed by atoms with Crippen LogP contribution in [0.3, 0.4) is 0 Å². The molecule has 0 aliphatic carbocycles. The van der Waals surface area contributed by atoms with E-state index in [1.807, 2.05) is 0 Å². The van der Waals surface area contributed by atoms with Gasteiger partial charge >= 0.3 is 0 Å². The highest BCUT2D eigenvalue weighted by Crippen LogP contribution is 2.36. The lowest BCUT2D eigenvalue weighted by Crippen LogP contribution is -2.48. The van der Waals surface area contributed by atoms with Crippen LogP contribution in [0.15, 0.2) is 83.3 Å². The van der Waals surface area contributed by atoms with Crippen molar-refractivity contribution in [2.24, 2.45) is 0 Å². The molecular formula is C30H37BrCl2N2O. The fourth-order valence-electron chi connectivity index (χ4n) is 4.80. The number of benzene rings is 3. The molecule has 3 aromatic rings. The maximum atomic E-state index is 9.62. The second kappa shape index (κ2) is 14.8. The first kappa shape index (κ1) is 30.4. The smallest absolute Gasteiger partial charge is 0.0434 e. The van der Waals surface area contributed by atoms with Crippen molar-refractivity contribution >= 4 is 57.6 Å². The van der Waals surface area contributed by atoms with E-state index in [0.29, 0.717) is 6.04 Å². The molecule has 0 radical (unpaired) electrons. The molecule has 36 heavy (non-hydrogen) atoms. The molecular weight excluding hydrogens is 555 g/mol. The van der Waals surface area contributed by atoms with Gasteiger partial charge in [-0.1, -0.05) is 70.5 Å². The lowest BCUT2D eigenvalue weighted by atomic mass is 9.87. The van der Waals surface area contributed by atoms with Gasteiger partial charge in [0.25, 0.3) is 0 Å². The summed E-state index contributed by atoms with van der Waals surface area (Å²) < 4.78 is 1.07. The van der Waals surface area contributed by atoms with Gasteiger partial charge < -0.3 is 10.0 Å². The van der Waals surface area contributed by atoms with E-state index in [9.17, 15) is 5.11 Å². The van der Waals surface area contributed by atoms with Gasteiger partial charge in [0.2, 0.25) is 0 Å². The average Bonchev–Trinajstić information content (AvgIpc) is 2.87. The fraction of sp³-hybridized carbons (Fsp3) is 0.333. The Hall–Kier alpha value is -1.82. The standard InChI is InChI=1S/C30H35BrN2O.2ClH/c1-23(2)32-17-19-33(20-18-32)28-15-13-25(14-16-28)30(26-10-6-11-27(31)22-26)29(12-7-21-34)24-8-4-3-5-9-24;;/h3-6,8-11,13-16,22-23,34H,7,12,17-21H2,1-2H3;2*1H/b30-29+;;. The van der Waals surface area contributed by atoms with Gasteiger partial charge in [0, 0.05) is 49.0 Å². The monoisotopic (exact) mass is 590 g/mol. The van der Waals surface area contributed by atoms with Crippen molar-refractivity contribution in [3.63, 3.8) is 0 Å². The lowest BCUT2D eigenvalue weighted by Gasteiger charge is -2.38. The third kappa shape index (κ3) is 7.60. The summed E-state index contributed by atoms with van der Waals surface area (Å²) in [5, 5.41) is 9.62. The maximum Gasteiger partial charge on any atom is 0.0434 e. The SMILES string of the molecule is CC(C)N1CCN(c2ccc(/C(=C(/CCCO)c3ccccc3)c3cccc(Br)c3)cc2)CC1.Cl.Cl. The van der Waals surface area contributed by atoms with Gasteiger partial charge in [0.15, 0.2) is 0 Å². The number of nitrogens with zero attached hydrogens (tertiary/aromatic N) is 2. The fourth-order valence-corrected chi connectivity index (χ4v) is 5.20. The minimum absolute atomic E-state index is 0. The molecule has 3 aromatic carbocycles. The van der Waals surface area contributed by atoms with Crippen LogP contribution in [0.2, 0.25) is 0 Å². The molecule has 1 aliphatic rings. The Morgan fingerprint density at radius 1 is 0.806 bits per heavy atom. The first-order valence-corrected chi connectivity index (χ1v) is 13.1. The molecule has 1 aliphatic heterocycles. The largest absolute Gasteiger partial charge is 0.396 e. The van der Waals surface area contributed by atoms with Crippen molar-refractivity contribution in [2.75, 3.05) is 37.7 Å². The Bertz CT molecular complexity index is 1100. The first-order valence-electron chi connectivity index (χ1n) is 12.3. The highest BCUT2D eigenvalue weighted by atomic mass is 79.9. The van der Waals surface area contributed by atoms with E-state index in [4.69, 9.17) is 0 Å². The number of aliphatic hydroxyl groups is 1. The molecule has 0 unspecified atom stereocenters. The zero-order valence-electron chi connectivity index (χ0n) is 21.1. The molecule has 1 fully saturated rings. The number of anilines is 1. The summed E-state index contributed by atoms with van der Waals surface area (Å²) in [6, 6.07) is 28.8. The quantitative estimate of drug-likeness (QED) is 0.274. The van der Waals surface area contributed by atoms with Crippen molar-refractivity contribution in [2.45, 2.75) is 32.7 Å². The summed E-state index contributed by atoms with van der Waals surface area (Å²) in [6.45, 7) is 9.10.